The predicted molar refractivity (Wildman–Crippen MR) is 124 cm³/mol. The molecule has 32 heavy (non-hydrogen) atoms. The van der Waals surface area contributed by atoms with Crippen LogP contribution in [0.5, 0.6) is 5.75 Å². The third-order valence-electron chi connectivity index (χ3n) is 5.47. The minimum atomic E-state index is -0.210. The summed E-state index contributed by atoms with van der Waals surface area (Å²) in [5, 5.41) is 9.35. The molecule has 1 aromatic carbocycles. The van der Waals surface area contributed by atoms with Crippen LogP contribution in [0.25, 0.3) is 54.9 Å². The summed E-state index contributed by atoms with van der Waals surface area (Å²) >= 11 is 1.12. The van der Waals surface area contributed by atoms with Crippen molar-refractivity contribution in [3.8, 4) is 38.7 Å². The van der Waals surface area contributed by atoms with Gasteiger partial charge in [-0.05, 0) is 48.0 Å². The zero-order valence-corrected chi connectivity index (χ0v) is 17.7. The quantitative estimate of drug-likeness (QED) is 0.349. The van der Waals surface area contributed by atoms with Crippen LogP contribution < -0.4 is 4.74 Å². The summed E-state index contributed by atoms with van der Waals surface area (Å²) in [6.07, 6.45) is 5.22. The molecule has 0 saturated heterocycles. The van der Waals surface area contributed by atoms with Crippen molar-refractivity contribution < 1.29 is 9.13 Å². The number of methoxy groups -OCH3 is 1. The summed E-state index contributed by atoms with van der Waals surface area (Å²) in [5.41, 5.74) is 6.19. The molecule has 0 aliphatic rings. The normalized spacial score (nSPS) is 11.4. The maximum Gasteiger partial charge on any atom is 0.176 e. The van der Waals surface area contributed by atoms with E-state index in [9.17, 15) is 4.39 Å². The van der Waals surface area contributed by atoms with Crippen molar-refractivity contribution in [3.63, 3.8) is 0 Å². The molecule has 6 aromatic rings. The molecule has 156 valence electrons. The minimum absolute atomic E-state index is 0.210. The van der Waals surface area contributed by atoms with Crippen molar-refractivity contribution >= 4 is 33.3 Å². The van der Waals surface area contributed by atoms with E-state index in [2.05, 4.69) is 31.2 Å². The largest absolute Gasteiger partial charge is 0.495 e. The Morgan fingerprint density at radius 2 is 1.91 bits per heavy atom. The molecular formula is C24H16FN5OS. The second kappa shape index (κ2) is 7.28. The molecule has 0 atom stereocenters. The number of nitrogens with zero attached hydrogens (tertiary/aromatic N) is 3. The number of hydrogen-bond acceptors (Lipinski definition) is 5. The number of H-pyrrole nitrogens is 2. The third-order valence-corrected chi connectivity index (χ3v) is 6.38. The lowest BCUT2D eigenvalue weighted by Gasteiger charge is -2.04. The Bertz CT molecular complexity index is 1600. The number of benzene rings is 1. The van der Waals surface area contributed by atoms with E-state index in [4.69, 9.17) is 4.74 Å². The molecule has 0 bridgehead atoms. The van der Waals surface area contributed by atoms with Crippen LogP contribution in [0.1, 0.15) is 0 Å². The molecule has 6 rings (SSSR count). The van der Waals surface area contributed by atoms with Gasteiger partial charge in [0.05, 0.1) is 24.5 Å². The van der Waals surface area contributed by atoms with Crippen molar-refractivity contribution in [1.82, 2.24) is 25.1 Å². The van der Waals surface area contributed by atoms with Crippen LogP contribution in [0.4, 0.5) is 4.39 Å². The van der Waals surface area contributed by atoms with Crippen LogP contribution in [0.15, 0.2) is 67.1 Å². The van der Waals surface area contributed by atoms with Gasteiger partial charge in [0.25, 0.3) is 0 Å². The second-order valence-corrected chi connectivity index (χ2v) is 8.39. The number of nitrogens with one attached hydrogen (secondary N) is 2. The molecule has 5 aromatic heterocycles. The van der Waals surface area contributed by atoms with Gasteiger partial charge in [-0.2, -0.15) is 9.49 Å². The first kappa shape index (κ1) is 18.7. The van der Waals surface area contributed by atoms with Crippen molar-refractivity contribution in [2.75, 3.05) is 7.11 Å². The van der Waals surface area contributed by atoms with Gasteiger partial charge in [-0.25, -0.2) is 4.98 Å². The molecule has 0 aliphatic heterocycles. The van der Waals surface area contributed by atoms with Gasteiger partial charge in [0.1, 0.15) is 17.1 Å². The fourth-order valence-corrected chi connectivity index (χ4v) is 4.69. The standard InChI is InChI=1S/C24H16FN5OS/c1-31-15-8-14(11-26-12-15)13-2-3-19-18(9-13)23(30-29-19)20-10-17-16(6-7-27-24(17)28-20)21-4-5-22(25)32-21/h2-12H,1H3,(H,27,28)(H,29,30). The van der Waals surface area contributed by atoms with Crippen LogP contribution in [-0.4, -0.2) is 32.3 Å². The third kappa shape index (κ3) is 3.04. The van der Waals surface area contributed by atoms with Crippen LogP contribution in [0.3, 0.4) is 0 Å². The summed E-state index contributed by atoms with van der Waals surface area (Å²) in [7, 11) is 1.63. The molecule has 8 heteroatoms. The number of pyridine rings is 2. The molecular weight excluding hydrogens is 425 g/mol. The monoisotopic (exact) mass is 441 g/mol. The predicted octanol–water partition coefficient (Wildman–Crippen LogP) is 6.04. The number of fused-ring (bicyclic) bond motifs is 2. The molecule has 0 saturated carbocycles. The Balaban J connectivity index is 1.49. The average Bonchev–Trinajstić information content (AvgIpc) is 3.55. The van der Waals surface area contributed by atoms with Crippen molar-refractivity contribution in [3.05, 3.63) is 72.3 Å². The van der Waals surface area contributed by atoms with Gasteiger partial charge in [-0.15, -0.1) is 11.3 Å². The zero-order valence-electron chi connectivity index (χ0n) is 16.9. The fourth-order valence-electron chi connectivity index (χ4n) is 3.92. The number of ether oxygens (including phenoxy) is 1. The van der Waals surface area contributed by atoms with E-state index in [1.165, 1.54) is 6.07 Å². The smallest absolute Gasteiger partial charge is 0.176 e. The van der Waals surface area contributed by atoms with Gasteiger partial charge in [0.15, 0.2) is 5.13 Å². The maximum atomic E-state index is 13.6. The van der Waals surface area contributed by atoms with Crippen LogP contribution in [-0.2, 0) is 0 Å². The molecule has 0 amide bonds. The Hall–Kier alpha value is -4.04. The van der Waals surface area contributed by atoms with E-state index in [-0.39, 0.29) is 5.13 Å². The SMILES string of the molecule is COc1cncc(-c2ccc3[nH]nc(-c4cc5c(-c6ccc(F)s6)ccnc5[nH]4)c3c2)c1. The van der Waals surface area contributed by atoms with E-state index in [0.29, 0.717) is 5.75 Å². The van der Waals surface area contributed by atoms with E-state index in [0.717, 1.165) is 66.2 Å². The van der Waals surface area contributed by atoms with E-state index in [1.54, 1.807) is 25.6 Å². The van der Waals surface area contributed by atoms with Gasteiger partial charge < -0.3 is 9.72 Å². The molecule has 0 aliphatic carbocycles. The average molecular weight is 441 g/mol. The summed E-state index contributed by atoms with van der Waals surface area (Å²) in [6, 6.07) is 15.3. The Kier molecular flexibility index (Phi) is 4.26. The molecule has 0 radical (unpaired) electrons. The number of aromatic amines is 2. The first-order valence-corrected chi connectivity index (χ1v) is 10.7. The maximum absolute atomic E-state index is 13.6. The highest BCUT2D eigenvalue weighted by molar-refractivity contribution is 7.14. The summed E-state index contributed by atoms with van der Waals surface area (Å²) in [4.78, 5) is 13.0. The van der Waals surface area contributed by atoms with Gasteiger partial charge in [0, 0.05) is 39.2 Å². The first-order valence-electron chi connectivity index (χ1n) is 9.91. The van der Waals surface area contributed by atoms with E-state index in [1.807, 2.05) is 36.5 Å². The Labute approximate surface area is 185 Å². The molecule has 5 heterocycles. The topological polar surface area (TPSA) is 79.5 Å². The van der Waals surface area contributed by atoms with Crippen LogP contribution >= 0.6 is 11.3 Å². The number of halogens is 1. The number of thiophene rings is 1. The number of hydrogen-bond donors (Lipinski definition) is 2. The summed E-state index contributed by atoms with van der Waals surface area (Å²) in [5.74, 6) is 0.703. The highest BCUT2D eigenvalue weighted by Gasteiger charge is 2.16. The number of rotatable bonds is 4. The zero-order chi connectivity index (χ0) is 21.7. The van der Waals surface area contributed by atoms with Gasteiger partial charge in [-0.3, -0.25) is 10.1 Å². The fraction of sp³-hybridized carbons (Fsp3) is 0.0417. The first-order chi connectivity index (χ1) is 15.7. The van der Waals surface area contributed by atoms with Gasteiger partial charge >= 0.3 is 0 Å². The molecule has 0 spiro atoms. The lowest BCUT2D eigenvalue weighted by molar-refractivity contribution is 0.413. The lowest BCUT2D eigenvalue weighted by atomic mass is 10.0. The molecule has 2 N–H and O–H groups in total. The highest BCUT2D eigenvalue weighted by atomic mass is 32.1. The molecule has 0 fully saturated rings. The van der Waals surface area contributed by atoms with Crippen LogP contribution in [0.2, 0.25) is 0 Å². The minimum Gasteiger partial charge on any atom is -0.495 e. The van der Waals surface area contributed by atoms with E-state index >= 15 is 0 Å². The Morgan fingerprint density at radius 1 is 0.969 bits per heavy atom. The highest BCUT2D eigenvalue weighted by Crippen LogP contribution is 2.36. The lowest BCUT2D eigenvalue weighted by Crippen LogP contribution is -1.86. The van der Waals surface area contributed by atoms with Crippen LogP contribution in [0, 0.1) is 5.13 Å². The summed E-state index contributed by atoms with van der Waals surface area (Å²) < 4.78 is 18.9. The van der Waals surface area contributed by atoms with Gasteiger partial charge in [0.2, 0.25) is 0 Å². The molecule has 0 unspecified atom stereocenters. The Morgan fingerprint density at radius 3 is 2.75 bits per heavy atom. The van der Waals surface area contributed by atoms with E-state index < -0.39 is 0 Å². The number of aromatic nitrogens is 5. The van der Waals surface area contributed by atoms with Gasteiger partial charge in [-0.1, -0.05) is 6.07 Å². The van der Waals surface area contributed by atoms with Crippen molar-refractivity contribution in [2.24, 2.45) is 0 Å². The summed E-state index contributed by atoms with van der Waals surface area (Å²) in [6.45, 7) is 0. The second-order valence-electron chi connectivity index (χ2n) is 7.35. The van der Waals surface area contributed by atoms with Crippen molar-refractivity contribution in [2.45, 2.75) is 0 Å². The molecule has 6 nitrogen and oxygen atoms in total. The van der Waals surface area contributed by atoms with Crippen molar-refractivity contribution in [1.29, 1.82) is 0 Å².